The minimum absolute atomic E-state index is 0.0456. The number of benzene rings is 1. The molecule has 0 spiro atoms. The highest BCUT2D eigenvalue weighted by molar-refractivity contribution is 6.09. The molecule has 0 amide bonds. The Hall–Kier alpha value is -1.57. The number of aromatic amines is 1. The smallest absolute Gasteiger partial charge is 0.167 e. The number of nitrogens with one attached hydrogen (secondary N) is 1. The predicted molar refractivity (Wildman–Crippen MR) is 66.8 cm³/mol. The summed E-state index contributed by atoms with van der Waals surface area (Å²) in [6.45, 7) is 6.00. The maximum absolute atomic E-state index is 12.0. The topological polar surface area (TPSA) is 32.9 Å². The summed E-state index contributed by atoms with van der Waals surface area (Å²) in [7, 11) is 0. The van der Waals surface area contributed by atoms with Crippen LogP contribution in [-0.4, -0.2) is 10.8 Å². The van der Waals surface area contributed by atoms with Crippen molar-refractivity contribution in [1.29, 1.82) is 0 Å². The molecule has 2 heteroatoms. The van der Waals surface area contributed by atoms with Crippen LogP contribution in [0.25, 0.3) is 10.9 Å². The fourth-order valence-electron chi connectivity index (χ4n) is 2.03. The van der Waals surface area contributed by atoms with Crippen LogP contribution in [-0.2, 0) is 6.42 Å². The molecule has 1 heterocycles. The van der Waals surface area contributed by atoms with Gasteiger partial charge in [0.25, 0.3) is 0 Å². The van der Waals surface area contributed by atoms with Gasteiger partial charge in [-0.15, -0.1) is 0 Å². The van der Waals surface area contributed by atoms with E-state index in [1.807, 2.05) is 32.2 Å². The molecule has 1 aromatic carbocycles. The zero-order valence-electron chi connectivity index (χ0n) is 10.0. The van der Waals surface area contributed by atoms with Crippen LogP contribution in [0.3, 0.4) is 0 Å². The Morgan fingerprint density at radius 1 is 1.38 bits per heavy atom. The van der Waals surface area contributed by atoms with Gasteiger partial charge in [-0.1, -0.05) is 39.0 Å². The molecular weight excluding hydrogens is 198 g/mol. The summed E-state index contributed by atoms with van der Waals surface area (Å²) in [6, 6.07) is 6.13. The van der Waals surface area contributed by atoms with Crippen molar-refractivity contribution in [3.05, 3.63) is 35.5 Å². The molecule has 0 saturated heterocycles. The van der Waals surface area contributed by atoms with Gasteiger partial charge in [-0.2, -0.15) is 0 Å². The van der Waals surface area contributed by atoms with Crippen molar-refractivity contribution < 1.29 is 4.79 Å². The van der Waals surface area contributed by atoms with Gasteiger partial charge >= 0.3 is 0 Å². The number of aryl methyl sites for hydroxylation is 1. The van der Waals surface area contributed by atoms with Gasteiger partial charge in [-0.05, 0) is 12.0 Å². The molecule has 1 aromatic heterocycles. The molecule has 0 aliphatic rings. The van der Waals surface area contributed by atoms with Crippen LogP contribution >= 0.6 is 0 Å². The van der Waals surface area contributed by atoms with Gasteiger partial charge in [0, 0.05) is 28.6 Å². The van der Waals surface area contributed by atoms with E-state index in [9.17, 15) is 4.79 Å². The van der Waals surface area contributed by atoms with E-state index in [1.165, 1.54) is 5.56 Å². The highest BCUT2D eigenvalue weighted by atomic mass is 16.1. The van der Waals surface area contributed by atoms with Crippen LogP contribution in [0.4, 0.5) is 0 Å². The van der Waals surface area contributed by atoms with Crippen LogP contribution in [0.2, 0.25) is 0 Å². The molecule has 2 rings (SSSR count). The number of para-hydroxylation sites is 1. The number of H-pyrrole nitrogens is 1. The van der Waals surface area contributed by atoms with Gasteiger partial charge in [-0.25, -0.2) is 0 Å². The highest BCUT2D eigenvalue weighted by Gasteiger charge is 2.15. The third-order valence-corrected chi connectivity index (χ3v) is 2.97. The molecule has 2 aromatic rings. The average Bonchev–Trinajstić information content (AvgIpc) is 2.71. The molecule has 1 N–H and O–H groups in total. The van der Waals surface area contributed by atoms with Crippen LogP contribution in [0, 0.1) is 5.92 Å². The maximum Gasteiger partial charge on any atom is 0.167 e. The van der Waals surface area contributed by atoms with Gasteiger partial charge in [-0.3, -0.25) is 4.79 Å². The summed E-state index contributed by atoms with van der Waals surface area (Å²) in [4.78, 5) is 15.2. The first-order chi connectivity index (χ1) is 7.65. The second-order valence-corrected chi connectivity index (χ2v) is 4.41. The normalized spacial score (nSPS) is 11.2. The summed E-state index contributed by atoms with van der Waals surface area (Å²) in [5.74, 6) is 0.254. The molecule has 2 nitrogen and oxygen atoms in total. The van der Waals surface area contributed by atoms with Crippen molar-refractivity contribution in [1.82, 2.24) is 4.98 Å². The lowest BCUT2D eigenvalue weighted by atomic mass is 9.99. The minimum atomic E-state index is 0.0456. The van der Waals surface area contributed by atoms with Crippen LogP contribution in [0.5, 0.6) is 0 Å². The van der Waals surface area contributed by atoms with Crippen LogP contribution in [0.1, 0.15) is 36.7 Å². The van der Waals surface area contributed by atoms with E-state index in [0.29, 0.717) is 0 Å². The second kappa shape index (κ2) is 4.12. The van der Waals surface area contributed by atoms with Crippen LogP contribution < -0.4 is 0 Å². The number of fused-ring (bicyclic) bond motifs is 1. The Morgan fingerprint density at radius 3 is 2.75 bits per heavy atom. The Balaban J connectivity index is 2.62. The van der Waals surface area contributed by atoms with E-state index in [2.05, 4.69) is 18.0 Å². The number of hydrogen-bond donors (Lipinski definition) is 1. The number of carbonyl (C=O) groups is 1. The van der Waals surface area contributed by atoms with Crippen molar-refractivity contribution in [3.63, 3.8) is 0 Å². The molecular formula is C14H17NO. The number of aromatic nitrogens is 1. The van der Waals surface area contributed by atoms with E-state index in [1.54, 1.807) is 0 Å². The molecule has 0 aliphatic carbocycles. The lowest BCUT2D eigenvalue weighted by Crippen LogP contribution is -2.06. The minimum Gasteiger partial charge on any atom is -0.360 e. The van der Waals surface area contributed by atoms with Crippen molar-refractivity contribution in [2.75, 3.05) is 0 Å². The average molecular weight is 215 g/mol. The van der Waals surface area contributed by atoms with E-state index < -0.39 is 0 Å². The zero-order valence-corrected chi connectivity index (χ0v) is 10.0. The van der Waals surface area contributed by atoms with Crippen molar-refractivity contribution in [2.24, 2.45) is 5.92 Å². The Bertz CT molecular complexity index is 523. The third kappa shape index (κ3) is 1.64. The first-order valence-corrected chi connectivity index (χ1v) is 5.78. The number of Topliss-reactive ketones (excluding diaryl/α,β-unsaturated/α-hetero) is 1. The lowest BCUT2D eigenvalue weighted by Gasteiger charge is -2.03. The van der Waals surface area contributed by atoms with E-state index in [4.69, 9.17) is 0 Å². The monoisotopic (exact) mass is 215 g/mol. The first kappa shape index (κ1) is 10.9. The summed E-state index contributed by atoms with van der Waals surface area (Å²) in [5, 5.41) is 1.05. The predicted octanol–water partition coefficient (Wildman–Crippen LogP) is 3.57. The molecule has 0 saturated carbocycles. The summed E-state index contributed by atoms with van der Waals surface area (Å²) in [5.41, 5.74) is 3.19. The van der Waals surface area contributed by atoms with Gasteiger partial charge in [0.15, 0.2) is 5.78 Å². The quantitative estimate of drug-likeness (QED) is 0.780. The molecule has 0 fully saturated rings. The second-order valence-electron chi connectivity index (χ2n) is 4.41. The van der Waals surface area contributed by atoms with Crippen molar-refractivity contribution >= 4 is 16.7 Å². The summed E-state index contributed by atoms with van der Waals surface area (Å²) >= 11 is 0. The SMILES string of the molecule is CCc1cccc2c(C(=O)C(C)C)c[nH]c12. The fraction of sp³-hybridized carbons (Fsp3) is 0.357. The lowest BCUT2D eigenvalue weighted by molar-refractivity contribution is 0.0941. The number of hydrogen-bond acceptors (Lipinski definition) is 1. The first-order valence-electron chi connectivity index (χ1n) is 5.78. The molecule has 0 aliphatic heterocycles. The molecule has 84 valence electrons. The van der Waals surface area contributed by atoms with Gasteiger partial charge in [0.2, 0.25) is 0 Å². The Kier molecular flexibility index (Phi) is 2.82. The number of ketones is 1. The molecule has 0 bridgehead atoms. The van der Waals surface area contributed by atoms with E-state index in [-0.39, 0.29) is 11.7 Å². The summed E-state index contributed by atoms with van der Waals surface area (Å²) < 4.78 is 0. The van der Waals surface area contributed by atoms with Gasteiger partial charge in [0.05, 0.1) is 0 Å². The fourth-order valence-corrected chi connectivity index (χ4v) is 2.03. The van der Waals surface area contributed by atoms with Gasteiger partial charge in [0.1, 0.15) is 0 Å². The maximum atomic E-state index is 12.0. The van der Waals surface area contributed by atoms with Crippen LogP contribution in [0.15, 0.2) is 24.4 Å². The van der Waals surface area contributed by atoms with Crippen molar-refractivity contribution in [2.45, 2.75) is 27.2 Å². The summed E-state index contributed by atoms with van der Waals surface area (Å²) in [6.07, 6.45) is 2.82. The number of carbonyl (C=O) groups excluding carboxylic acids is 1. The molecule has 0 radical (unpaired) electrons. The standard InChI is InChI=1S/C14H17NO/c1-4-10-6-5-7-11-12(8-15-13(10)11)14(16)9(2)3/h5-9,15H,4H2,1-3H3. The van der Waals surface area contributed by atoms with Gasteiger partial charge < -0.3 is 4.98 Å². The molecule has 16 heavy (non-hydrogen) atoms. The number of rotatable bonds is 3. The third-order valence-electron chi connectivity index (χ3n) is 2.97. The Labute approximate surface area is 95.7 Å². The van der Waals surface area contributed by atoms with E-state index >= 15 is 0 Å². The molecule has 0 atom stereocenters. The van der Waals surface area contributed by atoms with E-state index in [0.717, 1.165) is 22.9 Å². The highest BCUT2D eigenvalue weighted by Crippen LogP contribution is 2.24. The molecule has 0 unspecified atom stereocenters. The Morgan fingerprint density at radius 2 is 2.12 bits per heavy atom. The van der Waals surface area contributed by atoms with Crippen molar-refractivity contribution in [3.8, 4) is 0 Å². The largest absolute Gasteiger partial charge is 0.360 e. The zero-order chi connectivity index (χ0) is 11.7.